The fourth-order valence-corrected chi connectivity index (χ4v) is 5.02. The molecule has 2 aromatic rings. The summed E-state index contributed by atoms with van der Waals surface area (Å²) in [5.41, 5.74) is 0.605. The minimum absolute atomic E-state index is 0.0306. The van der Waals surface area contributed by atoms with Crippen LogP contribution in [0, 0.1) is 5.41 Å². The first-order valence-electron chi connectivity index (χ1n) is 10.4. The van der Waals surface area contributed by atoms with Crippen molar-refractivity contribution in [2.24, 2.45) is 9.39 Å². The van der Waals surface area contributed by atoms with E-state index in [9.17, 15) is 13.2 Å². The quantitative estimate of drug-likeness (QED) is 0.323. The van der Waals surface area contributed by atoms with Gasteiger partial charge in [0.15, 0.2) is 0 Å². The highest BCUT2D eigenvalue weighted by Crippen LogP contribution is 2.29. The molecule has 2 aliphatic rings. The van der Waals surface area contributed by atoms with E-state index in [1.807, 2.05) is 24.3 Å². The number of amidine groups is 3. The summed E-state index contributed by atoms with van der Waals surface area (Å²) in [6, 6.07) is 14.3. The van der Waals surface area contributed by atoms with E-state index < -0.39 is 15.7 Å². The molecular weight excluding hydrogens is 492 g/mol. The zero-order chi connectivity index (χ0) is 25.0. The zero-order valence-electron chi connectivity index (χ0n) is 18.9. The summed E-state index contributed by atoms with van der Waals surface area (Å²) >= 11 is 0.755. The second-order valence-electron chi connectivity index (χ2n) is 7.47. The Morgan fingerprint density at radius 3 is 2.14 bits per heavy atom. The third-order valence-electron chi connectivity index (χ3n) is 4.90. The first-order valence-corrected chi connectivity index (χ1v) is 13.1. The number of fused-ring (bicyclic) bond motifs is 1. The number of nitrogens with zero attached hydrogens (tertiary/aromatic N) is 3. The van der Waals surface area contributed by atoms with Crippen molar-refractivity contribution in [2.45, 2.75) is 6.42 Å². The number of benzene rings is 2. The lowest BCUT2D eigenvalue weighted by Crippen LogP contribution is -2.45. The minimum atomic E-state index is -3.69. The molecule has 0 saturated carbocycles. The molecule has 2 aliphatic heterocycles. The lowest BCUT2D eigenvalue weighted by Gasteiger charge is -2.23. The van der Waals surface area contributed by atoms with Crippen LogP contribution in [0.25, 0.3) is 6.08 Å². The van der Waals surface area contributed by atoms with Crippen LogP contribution in [0.15, 0.2) is 63.5 Å². The molecule has 4 rings (SSSR count). The van der Waals surface area contributed by atoms with Crippen LogP contribution in [0.3, 0.4) is 0 Å². The SMILES string of the molecule is COc1ccc(OCCCOc2ccc(/C=C3/C(=N)N4C(=NC3=O)SN=C4S(C)(=O)=O)cc2)cc1. The van der Waals surface area contributed by atoms with Gasteiger partial charge in [-0.15, -0.1) is 0 Å². The van der Waals surface area contributed by atoms with Gasteiger partial charge in [-0.25, -0.2) is 13.3 Å². The second-order valence-corrected chi connectivity index (χ2v) is 10.1. The van der Waals surface area contributed by atoms with E-state index in [0.717, 1.165) is 34.6 Å². The maximum Gasteiger partial charge on any atom is 0.283 e. The van der Waals surface area contributed by atoms with E-state index in [1.54, 1.807) is 31.4 Å². The summed E-state index contributed by atoms with van der Waals surface area (Å²) < 4.78 is 44.3. The fourth-order valence-electron chi connectivity index (χ4n) is 3.18. The molecule has 1 amide bonds. The number of aliphatic imine (C=N–C) groups is 1. The van der Waals surface area contributed by atoms with Crippen molar-refractivity contribution in [2.75, 3.05) is 26.6 Å². The molecule has 0 aromatic heterocycles. The number of hydrogen-bond donors (Lipinski definition) is 1. The molecule has 0 atom stereocenters. The Bertz CT molecular complexity index is 1330. The largest absolute Gasteiger partial charge is 0.497 e. The van der Waals surface area contributed by atoms with Gasteiger partial charge in [-0.2, -0.15) is 9.39 Å². The Balaban J connectivity index is 1.33. The molecule has 2 aromatic carbocycles. The summed E-state index contributed by atoms with van der Waals surface area (Å²) in [7, 11) is -2.08. The Kier molecular flexibility index (Phi) is 7.22. The summed E-state index contributed by atoms with van der Waals surface area (Å²) in [6.07, 6.45) is 3.16. The standard InChI is InChI=1S/C23H22N4O6S2/c1-31-16-8-10-18(11-9-16)33-13-3-12-32-17-6-4-15(5-7-17)14-19-20(24)27-22(25-21(19)28)34-26-23(27)35(2,29)30/h4-11,14,24H,3,12-13H2,1-2H3/b19-14-,24-20?. The molecule has 0 radical (unpaired) electrons. The maximum absolute atomic E-state index is 12.4. The van der Waals surface area contributed by atoms with Gasteiger partial charge in [0, 0.05) is 12.7 Å². The number of amides is 1. The average Bonchev–Trinajstić information content (AvgIpc) is 3.27. The van der Waals surface area contributed by atoms with E-state index >= 15 is 0 Å². The Morgan fingerprint density at radius 2 is 1.57 bits per heavy atom. The first-order chi connectivity index (χ1) is 16.8. The van der Waals surface area contributed by atoms with Gasteiger partial charge in [0.2, 0.25) is 20.2 Å². The Morgan fingerprint density at radius 1 is 1.00 bits per heavy atom. The molecule has 0 aliphatic carbocycles. The van der Waals surface area contributed by atoms with E-state index in [4.69, 9.17) is 19.6 Å². The molecule has 182 valence electrons. The van der Waals surface area contributed by atoms with E-state index in [2.05, 4.69) is 9.39 Å². The van der Waals surface area contributed by atoms with Gasteiger partial charge in [-0.3, -0.25) is 10.2 Å². The summed E-state index contributed by atoms with van der Waals surface area (Å²) in [5, 5.41) is 8.11. The van der Waals surface area contributed by atoms with Gasteiger partial charge in [-0.1, -0.05) is 12.1 Å². The number of carbonyl (C=O) groups excluding carboxylic acids is 1. The third kappa shape index (κ3) is 5.72. The smallest absolute Gasteiger partial charge is 0.283 e. The molecule has 10 nitrogen and oxygen atoms in total. The van der Waals surface area contributed by atoms with Gasteiger partial charge >= 0.3 is 0 Å². The van der Waals surface area contributed by atoms with Crippen LogP contribution >= 0.6 is 11.9 Å². The number of carbonyl (C=O) groups is 1. The van der Waals surface area contributed by atoms with Crippen molar-refractivity contribution in [3.8, 4) is 17.2 Å². The van der Waals surface area contributed by atoms with Crippen LogP contribution in [0.2, 0.25) is 0 Å². The van der Waals surface area contributed by atoms with E-state index in [0.29, 0.717) is 30.9 Å². The molecule has 2 heterocycles. The molecule has 0 unspecified atom stereocenters. The highest BCUT2D eigenvalue weighted by molar-refractivity contribution is 8.16. The van der Waals surface area contributed by atoms with Gasteiger partial charge in [0.25, 0.3) is 5.91 Å². The normalized spacial score (nSPS) is 16.6. The molecular formula is C23H22N4O6S2. The first kappa shape index (κ1) is 24.5. The lowest BCUT2D eigenvalue weighted by atomic mass is 10.1. The maximum atomic E-state index is 12.4. The molecule has 35 heavy (non-hydrogen) atoms. The number of ether oxygens (including phenoxy) is 3. The molecule has 1 N–H and O–H groups in total. The van der Waals surface area contributed by atoms with Gasteiger partial charge in [-0.05, 0) is 48.0 Å². The number of nitrogens with one attached hydrogen (secondary N) is 1. The lowest BCUT2D eigenvalue weighted by molar-refractivity contribution is -0.114. The van der Waals surface area contributed by atoms with Crippen LogP contribution in [-0.4, -0.2) is 62.0 Å². The molecule has 0 spiro atoms. The van der Waals surface area contributed by atoms with Crippen LogP contribution in [0.1, 0.15) is 12.0 Å². The van der Waals surface area contributed by atoms with Crippen LogP contribution in [-0.2, 0) is 14.6 Å². The predicted molar refractivity (Wildman–Crippen MR) is 135 cm³/mol. The third-order valence-corrected chi connectivity index (χ3v) is 6.66. The topological polar surface area (TPSA) is 131 Å². The second kappa shape index (κ2) is 10.3. The molecule has 0 saturated heterocycles. The molecule has 0 fully saturated rings. The van der Waals surface area contributed by atoms with Gasteiger partial charge in [0.1, 0.15) is 23.1 Å². The highest BCUT2D eigenvalue weighted by Gasteiger charge is 2.41. The van der Waals surface area contributed by atoms with Crippen molar-refractivity contribution >= 4 is 49.9 Å². The monoisotopic (exact) mass is 514 g/mol. The Hall–Kier alpha value is -3.64. The van der Waals surface area contributed by atoms with Crippen LogP contribution in [0.4, 0.5) is 0 Å². The number of rotatable bonds is 8. The summed E-state index contributed by atoms with van der Waals surface area (Å²) in [5.74, 6) is 1.25. The van der Waals surface area contributed by atoms with Crippen molar-refractivity contribution in [3.05, 3.63) is 59.7 Å². The fraction of sp³-hybridized carbons (Fsp3) is 0.217. The average molecular weight is 515 g/mol. The van der Waals surface area contributed by atoms with E-state index in [1.165, 1.54) is 6.08 Å². The zero-order valence-corrected chi connectivity index (χ0v) is 20.6. The van der Waals surface area contributed by atoms with Crippen molar-refractivity contribution in [3.63, 3.8) is 0 Å². The summed E-state index contributed by atoms with van der Waals surface area (Å²) in [6.45, 7) is 0.953. The van der Waals surface area contributed by atoms with E-state index in [-0.39, 0.29) is 21.7 Å². The van der Waals surface area contributed by atoms with Gasteiger partial charge < -0.3 is 14.2 Å². The van der Waals surface area contributed by atoms with Gasteiger partial charge in [0.05, 0.1) is 37.8 Å². The van der Waals surface area contributed by atoms with Crippen LogP contribution < -0.4 is 14.2 Å². The highest BCUT2D eigenvalue weighted by atomic mass is 32.2. The molecule has 0 bridgehead atoms. The van der Waals surface area contributed by atoms with Crippen molar-refractivity contribution in [1.82, 2.24) is 4.90 Å². The molecule has 12 heteroatoms. The van der Waals surface area contributed by atoms with Crippen molar-refractivity contribution in [1.29, 1.82) is 5.41 Å². The minimum Gasteiger partial charge on any atom is -0.497 e. The van der Waals surface area contributed by atoms with Crippen molar-refractivity contribution < 1.29 is 27.4 Å². The number of methoxy groups -OCH3 is 1. The van der Waals surface area contributed by atoms with Crippen LogP contribution in [0.5, 0.6) is 17.2 Å². The number of hydrogen-bond acceptors (Lipinski definition) is 9. The Labute approximate surface area is 206 Å². The summed E-state index contributed by atoms with van der Waals surface area (Å²) in [4.78, 5) is 17.4. The predicted octanol–water partition coefficient (Wildman–Crippen LogP) is 3.16. The number of sulfone groups is 1.